The lowest BCUT2D eigenvalue weighted by Gasteiger charge is -2.18. The summed E-state index contributed by atoms with van der Waals surface area (Å²) in [7, 11) is 3.45. The molecule has 1 fully saturated rings. The first kappa shape index (κ1) is 15.2. The molecule has 1 aromatic carbocycles. The van der Waals surface area contributed by atoms with Crippen LogP contribution >= 0.6 is 0 Å². The number of hydrogen-bond acceptors (Lipinski definition) is 2. The molecule has 0 aromatic heterocycles. The molecule has 0 saturated heterocycles. The molecule has 0 N–H and O–H groups in total. The molecule has 1 saturated carbocycles. The molecule has 0 spiro atoms. The third-order valence-corrected chi connectivity index (χ3v) is 4.58. The zero-order valence-corrected chi connectivity index (χ0v) is 13.2. The molecule has 1 aliphatic carbocycles. The molecule has 0 atom stereocenters. The average Bonchev–Trinajstić information content (AvgIpc) is 3.27. The highest BCUT2D eigenvalue weighted by Gasteiger charge is 2.43. The molecular formula is C18H28O2. The fourth-order valence-electron chi connectivity index (χ4n) is 3.01. The maximum absolute atomic E-state index is 5.40. The van der Waals surface area contributed by atoms with Gasteiger partial charge in [-0.05, 0) is 42.4 Å². The molecule has 2 heteroatoms. The second-order valence-corrected chi connectivity index (χ2v) is 6.05. The van der Waals surface area contributed by atoms with Crippen molar-refractivity contribution >= 4 is 0 Å². The Morgan fingerprint density at radius 1 is 0.900 bits per heavy atom. The lowest BCUT2D eigenvalue weighted by atomic mass is 9.89. The smallest absolute Gasteiger partial charge is 0.122 e. The average molecular weight is 276 g/mol. The van der Waals surface area contributed by atoms with Crippen molar-refractivity contribution in [3.63, 3.8) is 0 Å². The summed E-state index contributed by atoms with van der Waals surface area (Å²) in [6, 6.07) is 6.35. The molecule has 0 bridgehead atoms. The molecule has 0 aliphatic heterocycles. The molecule has 0 amide bonds. The summed E-state index contributed by atoms with van der Waals surface area (Å²) in [5, 5.41) is 0. The minimum absolute atomic E-state index is 0.411. The van der Waals surface area contributed by atoms with E-state index in [9.17, 15) is 0 Å². The predicted octanol–water partition coefficient (Wildman–Crippen LogP) is 5.10. The highest BCUT2D eigenvalue weighted by molar-refractivity contribution is 5.44. The van der Waals surface area contributed by atoms with Gasteiger partial charge in [0.1, 0.15) is 11.5 Å². The predicted molar refractivity (Wildman–Crippen MR) is 83.8 cm³/mol. The van der Waals surface area contributed by atoms with Gasteiger partial charge in [0.2, 0.25) is 0 Å². The van der Waals surface area contributed by atoms with Gasteiger partial charge in [-0.1, -0.05) is 39.0 Å². The van der Waals surface area contributed by atoms with Crippen LogP contribution in [0.4, 0.5) is 0 Å². The number of methoxy groups -OCH3 is 2. The first-order valence-electron chi connectivity index (χ1n) is 7.97. The van der Waals surface area contributed by atoms with Crippen molar-refractivity contribution in [2.45, 2.75) is 63.7 Å². The van der Waals surface area contributed by atoms with Crippen molar-refractivity contribution in [2.75, 3.05) is 14.2 Å². The largest absolute Gasteiger partial charge is 0.497 e. The minimum Gasteiger partial charge on any atom is -0.497 e. The number of rotatable bonds is 9. The quantitative estimate of drug-likeness (QED) is 0.584. The summed E-state index contributed by atoms with van der Waals surface area (Å²) in [5.41, 5.74) is 1.82. The number of ether oxygens (including phenoxy) is 2. The zero-order valence-electron chi connectivity index (χ0n) is 13.2. The summed E-state index contributed by atoms with van der Waals surface area (Å²) in [4.78, 5) is 0. The third-order valence-electron chi connectivity index (χ3n) is 4.58. The van der Waals surface area contributed by atoms with Crippen molar-refractivity contribution in [3.8, 4) is 11.5 Å². The van der Waals surface area contributed by atoms with Crippen LogP contribution in [0, 0.1) is 0 Å². The van der Waals surface area contributed by atoms with Gasteiger partial charge in [0.05, 0.1) is 14.2 Å². The maximum atomic E-state index is 5.40. The Hall–Kier alpha value is -1.18. The van der Waals surface area contributed by atoms with Crippen LogP contribution in [0.5, 0.6) is 11.5 Å². The van der Waals surface area contributed by atoms with E-state index in [1.165, 1.54) is 56.9 Å². The van der Waals surface area contributed by atoms with Gasteiger partial charge in [-0.15, -0.1) is 0 Å². The van der Waals surface area contributed by atoms with Gasteiger partial charge in [-0.25, -0.2) is 0 Å². The van der Waals surface area contributed by atoms with E-state index >= 15 is 0 Å². The Bertz CT molecular complexity index is 399. The van der Waals surface area contributed by atoms with Crippen LogP contribution in [0.1, 0.15) is 63.9 Å². The van der Waals surface area contributed by atoms with Crippen LogP contribution in [-0.2, 0) is 5.41 Å². The lowest BCUT2D eigenvalue weighted by molar-refractivity contribution is 0.391. The second kappa shape index (κ2) is 7.01. The van der Waals surface area contributed by atoms with Gasteiger partial charge >= 0.3 is 0 Å². The summed E-state index contributed by atoms with van der Waals surface area (Å²) in [6.45, 7) is 2.27. The van der Waals surface area contributed by atoms with Crippen LogP contribution in [0.25, 0.3) is 0 Å². The van der Waals surface area contributed by atoms with Gasteiger partial charge in [0.15, 0.2) is 0 Å². The standard InChI is InChI=1S/C18H28O2/c1-4-5-6-7-8-9-18(10-11-18)15-12-16(19-2)14-17(13-15)20-3/h12-14H,4-11H2,1-3H3. The monoisotopic (exact) mass is 276 g/mol. The molecule has 2 rings (SSSR count). The molecule has 20 heavy (non-hydrogen) atoms. The number of unbranched alkanes of at least 4 members (excludes halogenated alkanes) is 4. The normalized spacial score (nSPS) is 15.9. The fraction of sp³-hybridized carbons (Fsp3) is 0.667. The molecule has 0 unspecified atom stereocenters. The highest BCUT2D eigenvalue weighted by Crippen LogP contribution is 2.53. The Morgan fingerprint density at radius 3 is 2.00 bits per heavy atom. The van der Waals surface area contributed by atoms with Crippen molar-refractivity contribution in [1.29, 1.82) is 0 Å². The molecule has 2 nitrogen and oxygen atoms in total. The number of benzene rings is 1. The van der Waals surface area contributed by atoms with E-state index in [0.717, 1.165) is 11.5 Å². The van der Waals surface area contributed by atoms with E-state index in [0.29, 0.717) is 5.41 Å². The van der Waals surface area contributed by atoms with Crippen molar-refractivity contribution in [1.82, 2.24) is 0 Å². The summed E-state index contributed by atoms with van der Waals surface area (Å²) < 4.78 is 10.8. The molecule has 1 aromatic rings. The van der Waals surface area contributed by atoms with Crippen LogP contribution in [0.2, 0.25) is 0 Å². The topological polar surface area (TPSA) is 18.5 Å². The van der Waals surface area contributed by atoms with Gasteiger partial charge in [-0.2, -0.15) is 0 Å². The Balaban J connectivity index is 1.98. The van der Waals surface area contributed by atoms with E-state index in [4.69, 9.17) is 9.47 Å². The fourth-order valence-corrected chi connectivity index (χ4v) is 3.01. The van der Waals surface area contributed by atoms with E-state index in [1.54, 1.807) is 14.2 Å². The van der Waals surface area contributed by atoms with Crippen molar-refractivity contribution in [3.05, 3.63) is 23.8 Å². The Morgan fingerprint density at radius 2 is 1.50 bits per heavy atom. The van der Waals surface area contributed by atoms with Crippen LogP contribution in [0.3, 0.4) is 0 Å². The van der Waals surface area contributed by atoms with Gasteiger partial charge in [-0.3, -0.25) is 0 Å². The van der Waals surface area contributed by atoms with Crippen molar-refractivity contribution in [2.24, 2.45) is 0 Å². The van der Waals surface area contributed by atoms with Crippen LogP contribution in [-0.4, -0.2) is 14.2 Å². The number of hydrogen-bond donors (Lipinski definition) is 0. The molecular weight excluding hydrogens is 248 g/mol. The summed E-state index contributed by atoms with van der Waals surface area (Å²) in [5.74, 6) is 1.83. The molecule has 1 aliphatic rings. The van der Waals surface area contributed by atoms with Crippen LogP contribution < -0.4 is 9.47 Å². The van der Waals surface area contributed by atoms with E-state index < -0.39 is 0 Å². The van der Waals surface area contributed by atoms with Gasteiger partial charge in [0, 0.05) is 6.07 Å². The first-order chi connectivity index (χ1) is 9.74. The summed E-state index contributed by atoms with van der Waals surface area (Å²) in [6.07, 6.45) is 10.7. The molecule has 0 heterocycles. The Labute approximate surface area is 123 Å². The van der Waals surface area contributed by atoms with Crippen molar-refractivity contribution < 1.29 is 9.47 Å². The molecule has 0 radical (unpaired) electrons. The summed E-state index contributed by atoms with van der Waals surface area (Å²) >= 11 is 0. The van der Waals surface area contributed by atoms with E-state index in [-0.39, 0.29) is 0 Å². The first-order valence-corrected chi connectivity index (χ1v) is 7.97. The van der Waals surface area contributed by atoms with E-state index in [1.807, 2.05) is 6.07 Å². The lowest BCUT2D eigenvalue weighted by Crippen LogP contribution is -2.07. The van der Waals surface area contributed by atoms with Crippen LogP contribution in [0.15, 0.2) is 18.2 Å². The maximum Gasteiger partial charge on any atom is 0.122 e. The minimum atomic E-state index is 0.411. The highest BCUT2D eigenvalue weighted by atomic mass is 16.5. The van der Waals surface area contributed by atoms with Gasteiger partial charge < -0.3 is 9.47 Å². The molecule has 112 valence electrons. The SMILES string of the molecule is CCCCCCCC1(c2cc(OC)cc(OC)c2)CC1. The zero-order chi connectivity index (χ0) is 14.4. The second-order valence-electron chi connectivity index (χ2n) is 6.05. The van der Waals surface area contributed by atoms with Gasteiger partial charge in [0.25, 0.3) is 0 Å². The third kappa shape index (κ3) is 3.68. The Kier molecular flexibility index (Phi) is 5.33. The van der Waals surface area contributed by atoms with E-state index in [2.05, 4.69) is 19.1 Å².